The molecule has 0 spiro atoms. The van der Waals surface area contributed by atoms with Crippen molar-refractivity contribution in [1.29, 1.82) is 0 Å². The van der Waals surface area contributed by atoms with E-state index >= 15 is 0 Å². The summed E-state index contributed by atoms with van der Waals surface area (Å²) < 4.78 is 15.9. The number of aliphatic imine (C=N–C) groups is 1. The first kappa shape index (κ1) is 19.6. The molecule has 1 fully saturated rings. The molecule has 29 heavy (non-hydrogen) atoms. The van der Waals surface area contributed by atoms with Gasteiger partial charge in [-0.05, 0) is 17.7 Å². The summed E-state index contributed by atoms with van der Waals surface area (Å²) in [6.45, 7) is 10.2. The second kappa shape index (κ2) is 8.32. The smallest absolute Gasteiger partial charge is 0.231 e. The van der Waals surface area contributed by atoms with Crippen molar-refractivity contribution in [2.75, 3.05) is 46.6 Å². The number of nitrogens with zero attached hydrogens (tertiary/aromatic N) is 4. The maximum absolute atomic E-state index is 5.53. The number of benzene rings is 1. The van der Waals surface area contributed by atoms with Crippen molar-refractivity contribution >= 4 is 5.96 Å². The lowest BCUT2D eigenvalue weighted by molar-refractivity contribution is 0.168. The van der Waals surface area contributed by atoms with Crippen LogP contribution in [0.4, 0.5) is 0 Å². The molecule has 0 aliphatic carbocycles. The fraction of sp³-hybridized carbons (Fsp3) is 0.524. The van der Waals surface area contributed by atoms with Crippen LogP contribution in [0.1, 0.15) is 25.1 Å². The van der Waals surface area contributed by atoms with E-state index in [0.29, 0.717) is 6.79 Å². The van der Waals surface area contributed by atoms with Crippen LogP contribution in [0.5, 0.6) is 11.5 Å². The summed E-state index contributed by atoms with van der Waals surface area (Å²) in [5.41, 5.74) is 2.11. The van der Waals surface area contributed by atoms with Crippen LogP contribution in [0, 0.1) is 0 Å². The Bertz CT molecular complexity index is 842. The van der Waals surface area contributed by atoms with E-state index < -0.39 is 0 Å². The SMILES string of the molecule is CN=C(NCC(C)(C)c1ccc2c(c1)OCO2)N1CCN(Cc2ccon2)CC1. The summed E-state index contributed by atoms with van der Waals surface area (Å²) in [6.07, 6.45) is 1.62. The Labute approximate surface area is 171 Å². The molecule has 1 N–H and O–H groups in total. The largest absolute Gasteiger partial charge is 0.454 e. The van der Waals surface area contributed by atoms with Crippen molar-refractivity contribution in [2.24, 2.45) is 4.99 Å². The Morgan fingerprint density at radius 1 is 1.14 bits per heavy atom. The summed E-state index contributed by atoms with van der Waals surface area (Å²) in [6, 6.07) is 8.10. The quantitative estimate of drug-likeness (QED) is 0.609. The summed E-state index contributed by atoms with van der Waals surface area (Å²) in [5.74, 6) is 2.58. The molecule has 0 radical (unpaired) electrons. The Kier molecular flexibility index (Phi) is 5.62. The second-order valence-electron chi connectivity index (χ2n) is 8.11. The predicted molar refractivity (Wildman–Crippen MR) is 110 cm³/mol. The number of rotatable bonds is 5. The summed E-state index contributed by atoms with van der Waals surface area (Å²) in [4.78, 5) is 9.21. The molecule has 1 aromatic heterocycles. The number of guanidine groups is 1. The van der Waals surface area contributed by atoms with Gasteiger partial charge in [0.2, 0.25) is 6.79 Å². The maximum atomic E-state index is 5.53. The third-order valence-electron chi connectivity index (χ3n) is 5.60. The van der Waals surface area contributed by atoms with Crippen LogP contribution < -0.4 is 14.8 Å². The first-order valence-electron chi connectivity index (χ1n) is 10.0. The van der Waals surface area contributed by atoms with Crippen LogP contribution in [-0.4, -0.2) is 67.5 Å². The molecular formula is C21H29N5O3. The Hall–Kier alpha value is -2.74. The van der Waals surface area contributed by atoms with Gasteiger partial charge < -0.3 is 24.2 Å². The number of hydrogen-bond donors (Lipinski definition) is 1. The zero-order valence-electron chi connectivity index (χ0n) is 17.4. The van der Waals surface area contributed by atoms with Gasteiger partial charge in [-0.15, -0.1) is 0 Å². The summed E-state index contributed by atoms with van der Waals surface area (Å²) >= 11 is 0. The average molecular weight is 399 g/mol. The second-order valence-corrected chi connectivity index (χ2v) is 8.11. The molecule has 0 amide bonds. The van der Waals surface area contributed by atoms with Crippen LogP contribution in [0.3, 0.4) is 0 Å². The molecule has 2 aliphatic heterocycles. The minimum atomic E-state index is -0.0777. The molecule has 8 nitrogen and oxygen atoms in total. The highest BCUT2D eigenvalue weighted by Gasteiger charge is 2.26. The van der Waals surface area contributed by atoms with Gasteiger partial charge in [0.15, 0.2) is 17.5 Å². The van der Waals surface area contributed by atoms with E-state index in [2.05, 4.69) is 51.2 Å². The first-order valence-corrected chi connectivity index (χ1v) is 10.0. The molecule has 0 saturated carbocycles. The summed E-state index contributed by atoms with van der Waals surface area (Å²) in [7, 11) is 1.84. The maximum Gasteiger partial charge on any atom is 0.231 e. The van der Waals surface area contributed by atoms with Crippen LogP contribution in [0.15, 0.2) is 40.0 Å². The topological polar surface area (TPSA) is 75.4 Å². The van der Waals surface area contributed by atoms with E-state index in [1.807, 2.05) is 19.2 Å². The van der Waals surface area contributed by atoms with Gasteiger partial charge in [-0.1, -0.05) is 25.1 Å². The van der Waals surface area contributed by atoms with Gasteiger partial charge in [0.25, 0.3) is 0 Å². The molecule has 3 heterocycles. The van der Waals surface area contributed by atoms with E-state index in [4.69, 9.17) is 14.0 Å². The van der Waals surface area contributed by atoms with E-state index in [0.717, 1.165) is 62.4 Å². The standard InChI is InChI=1S/C21H29N5O3/c1-21(2,16-4-5-18-19(12-16)28-15-27-18)14-23-20(22-3)26-9-7-25(8-10-26)13-17-6-11-29-24-17/h4-6,11-12H,7-10,13-15H2,1-3H3,(H,22,23). The first-order chi connectivity index (χ1) is 14.0. The van der Waals surface area contributed by atoms with Crippen molar-refractivity contribution in [3.05, 3.63) is 41.8 Å². The molecule has 0 unspecified atom stereocenters. The highest BCUT2D eigenvalue weighted by molar-refractivity contribution is 5.80. The van der Waals surface area contributed by atoms with Crippen molar-refractivity contribution in [2.45, 2.75) is 25.8 Å². The molecular weight excluding hydrogens is 370 g/mol. The minimum absolute atomic E-state index is 0.0777. The molecule has 156 valence electrons. The van der Waals surface area contributed by atoms with Crippen LogP contribution in [0.2, 0.25) is 0 Å². The molecule has 4 rings (SSSR count). The van der Waals surface area contributed by atoms with Crippen molar-refractivity contribution < 1.29 is 14.0 Å². The Morgan fingerprint density at radius 2 is 1.93 bits per heavy atom. The number of piperazine rings is 1. The number of fused-ring (bicyclic) bond motifs is 1. The predicted octanol–water partition coefficient (Wildman–Crippen LogP) is 2.07. The van der Waals surface area contributed by atoms with Gasteiger partial charge in [-0.25, -0.2) is 0 Å². The Morgan fingerprint density at radius 3 is 2.66 bits per heavy atom. The normalized spacial score (nSPS) is 17.6. The Balaban J connectivity index is 1.31. The highest BCUT2D eigenvalue weighted by Crippen LogP contribution is 2.36. The average Bonchev–Trinajstić information content (AvgIpc) is 3.40. The van der Waals surface area contributed by atoms with Crippen molar-refractivity contribution in [3.63, 3.8) is 0 Å². The van der Waals surface area contributed by atoms with Gasteiger partial charge in [0.05, 0.1) is 5.69 Å². The van der Waals surface area contributed by atoms with E-state index in [1.54, 1.807) is 6.26 Å². The molecule has 2 aliphatic rings. The van der Waals surface area contributed by atoms with Gasteiger partial charge in [0.1, 0.15) is 6.26 Å². The van der Waals surface area contributed by atoms with Crippen LogP contribution in [-0.2, 0) is 12.0 Å². The van der Waals surface area contributed by atoms with E-state index in [9.17, 15) is 0 Å². The van der Waals surface area contributed by atoms with Crippen molar-refractivity contribution in [1.82, 2.24) is 20.3 Å². The minimum Gasteiger partial charge on any atom is -0.454 e. The van der Waals surface area contributed by atoms with Gasteiger partial charge >= 0.3 is 0 Å². The van der Waals surface area contributed by atoms with Gasteiger partial charge in [-0.3, -0.25) is 9.89 Å². The molecule has 8 heteroatoms. The lowest BCUT2D eigenvalue weighted by Gasteiger charge is -2.37. The highest BCUT2D eigenvalue weighted by atomic mass is 16.7. The number of nitrogens with one attached hydrogen (secondary N) is 1. The van der Waals surface area contributed by atoms with Gasteiger partial charge in [-0.2, -0.15) is 0 Å². The van der Waals surface area contributed by atoms with E-state index in [-0.39, 0.29) is 5.41 Å². The molecule has 1 aromatic carbocycles. The zero-order valence-corrected chi connectivity index (χ0v) is 17.4. The molecule has 2 aromatic rings. The lowest BCUT2D eigenvalue weighted by Crippen LogP contribution is -2.53. The van der Waals surface area contributed by atoms with E-state index in [1.165, 1.54) is 5.56 Å². The number of ether oxygens (including phenoxy) is 2. The number of hydrogen-bond acceptors (Lipinski definition) is 6. The van der Waals surface area contributed by atoms with Crippen molar-refractivity contribution in [3.8, 4) is 11.5 Å². The number of aromatic nitrogens is 1. The van der Waals surface area contributed by atoms with Crippen LogP contribution in [0.25, 0.3) is 0 Å². The lowest BCUT2D eigenvalue weighted by atomic mass is 9.84. The van der Waals surface area contributed by atoms with Gasteiger partial charge in [0, 0.05) is 57.8 Å². The summed E-state index contributed by atoms with van der Waals surface area (Å²) in [5, 5.41) is 7.57. The molecule has 1 saturated heterocycles. The third-order valence-corrected chi connectivity index (χ3v) is 5.60. The fourth-order valence-corrected chi connectivity index (χ4v) is 3.72. The molecule has 0 bridgehead atoms. The zero-order chi connectivity index (χ0) is 20.3. The molecule has 0 atom stereocenters. The fourth-order valence-electron chi connectivity index (χ4n) is 3.72. The monoisotopic (exact) mass is 399 g/mol. The van der Waals surface area contributed by atoms with Crippen LogP contribution >= 0.6 is 0 Å². The third kappa shape index (κ3) is 4.48.